The van der Waals surface area contributed by atoms with Gasteiger partial charge in [0.15, 0.2) is 5.78 Å². The van der Waals surface area contributed by atoms with E-state index in [1.54, 1.807) is 30.3 Å². The number of rotatable bonds is 3. The number of Topliss-reactive ketones (excluding diaryl/α,β-unsaturated/α-hetero) is 1. The van der Waals surface area contributed by atoms with E-state index in [0.717, 1.165) is 10.2 Å². The minimum Gasteiger partial charge on any atom is -0.398 e. The lowest BCUT2D eigenvalue weighted by molar-refractivity contribution is 0.101. The van der Waals surface area contributed by atoms with E-state index in [-0.39, 0.29) is 5.78 Å². The molecule has 2 rings (SSSR count). The fourth-order valence-corrected chi connectivity index (χ4v) is 2.20. The number of anilines is 3. The summed E-state index contributed by atoms with van der Waals surface area (Å²) < 4.78 is 0.839. The number of halogens is 1. The Hall–Kier alpha value is -2.32. The van der Waals surface area contributed by atoms with Crippen molar-refractivity contribution in [3.63, 3.8) is 0 Å². The van der Waals surface area contributed by atoms with Crippen molar-refractivity contribution in [1.82, 2.24) is 0 Å². The first-order valence-corrected chi connectivity index (χ1v) is 6.67. The molecule has 0 unspecified atom stereocenters. The molecule has 0 aliphatic heterocycles. The van der Waals surface area contributed by atoms with Gasteiger partial charge in [-0.25, -0.2) is 0 Å². The van der Waals surface area contributed by atoms with Crippen molar-refractivity contribution in [3.05, 3.63) is 52.0 Å². The molecule has 0 aromatic heterocycles. The third-order valence-electron chi connectivity index (χ3n) is 2.81. The molecule has 0 fully saturated rings. The largest absolute Gasteiger partial charge is 0.398 e. The van der Waals surface area contributed by atoms with Gasteiger partial charge in [-0.05, 0) is 43.3 Å². The Balaban J connectivity index is 2.34. The maximum absolute atomic E-state index is 11.3. The monoisotopic (exact) mass is 329 g/mol. The first-order valence-electron chi connectivity index (χ1n) is 5.88. The molecule has 0 heterocycles. The van der Waals surface area contributed by atoms with Crippen LogP contribution < -0.4 is 11.1 Å². The predicted molar refractivity (Wildman–Crippen MR) is 83.0 cm³/mol. The highest BCUT2D eigenvalue weighted by atomic mass is 79.9. The van der Waals surface area contributed by atoms with Gasteiger partial charge in [-0.1, -0.05) is 15.9 Å². The highest BCUT2D eigenvalue weighted by molar-refractivity contribution is 9.10. The van der Waals surface area contributed by atoms with Gasteiger partial charge in [0.2, 0.25) is 0 Å². The molecule has 0 atom stereocenters. The van der Waals surface area contributed by atoms with Crippen molar-refractivity contribution in [2.45, 2.75) is 6.92 Å². The van der Waals surface area contributed by atoms with E-state index < -0.39 is 0 Å². The average Bonchev–Trinajstić information content (AvgIpc) is 2.40. The van der Waals surface area contributed by atoms with Crippen LogP contribution in [0.5, 0.6) is 0 Å². The Labute approximate surface area is 125 Å². The van der Waals surface area contributed by atoms with Gasteiger partial charge in [0.1, 0.15) is 6.07 Å². The Morgan fingerprint density at radius 1 is 1.30 bits per heavy atom. The van der Waals surface area contributed by atoms with E-state index in [4.69, 9.17) is 11.0 Å². The van der Waals surface area contributed by atoms with Crippen LogP contribution in [0.25, 0.3) is 0 Å². The normalized spacial score (nSPS) is 9.85. The average molecular weight is 330 g/mol. The van der Waals surface area contributed by atoms with Crippen LogP contribution in [0.15, 0.2) is 40.9 Å². The second kappa shape index (κ2) is 5.76. The van der Waals surface area contributed by atoms with Gasteiger partial charge >= 0.3 is 0 Å². The smallest absolute Gasteiger partial charge is 0.161 e. The molecule has 100 valence electrons. The Morgan fingerprint density at radius 2 is 2.05 bits per heavy atom. The number of nitrogens with one attached hydrogen (secondary N) is 1. The summed E-state index contributed by atoms with van der Waals surface area (Å²) in [5.41, 5.74) is 8.68. The number of nitriles is 1. The maximum atomic E-state index is 11.3. The van der Waals surface area contributed by atoms with Crippen LogP contribution in [0, 0.1) is 11.3 Å². The molecule has 0 bridgehead atoms. The molecule has 0 saturated carbocycles. The van der Waals surface area contributed by atoms with Gasteiger partial charge in [-0.2, -0.15) is 5.26 Å². The summed E-state index contributed by atoms with van der Waals surface area (Å²) in [4.78, 5) is 11.3. The van der Waals surface area contributed by atoms with Gasteiger partial charge < -0.3 is 11.1 Å². The second-order valence-electron chi connectivity index (χ2n) is 4.28. The van der Waals surface area contributed by atoms with Gasteiger partial charge in [0, 0.05) is 21.4 Å². The highest BCUT2D eigenvalue weighted by Gasteiger charge is 2.07. The highest BCUT2D eigenvalue weighted by Crippen LogP contribution is 2.26. The van der Waals surface area contributed by atoms with E-state index in [0.29, 0.717) is 22.5 Å². The molecule has 3 N–H and O–H groups in total. The number of nitrogens with zero attached hydrogens (tertiary/aromatic N) is 1. The maximum Gasteiger partial charge on any atom is 0.161 e. The molecule has 0 radical (unpaired) electrons. The summed E-state index contributed by atoms with van der Waals surface area (Å²) >= 11 is 3.32. The Morgan fingerprint density at radius 3 is 2.65 bits per heavy atom. The molecule has 0 spiro atoms. The lowest BCUT2D eigenvalue weighted by atomic mass is 10.1. The van der Waals surface area contributed by atoms with Crippen molar-refractivity contribution in [1.29, 1.82) is 5.26 Å². The van der Waals surface area contributed by atoms with Crippen LogP contribution in [-0.4, -0.2) is 5.78 Å². The number of carbonyl (C=O) groups excluding carboxylic acids is 1. The van der Waals surface area contributed by atoms with Crippen molar-refractivity contribution in [2.75, 3.05) is 11.1 Å². The molecule has 2 aromatic carbocycles. The number of nitrogens with two attached hydrogens (primary N) is 1. The molecule has 0 saturated heterocycles. The molecule has 2 aromatic rings. The first kappa shape index (κ1) is 14.1. The number of ketones is 1. The van der Waals surface area contributed by atoms with E-state index in [9.17, 15) is 4.79 Å². The fraction of sp³-hybridized carbons (Fsp3) is 0.0667. The van der Waals surface area contributed by atoms with Crippen LogP contribution >= 0.6 is 15.9 Å². The van der Waals surface area contributed by atoms with Crippen molar-refractivity contribution >= 4 is 38.8 Å². The molecule has 4 nitrogen and oxygen atoms in total. The first-order chi connectivity index (χ1) is 9.51. The number of carbonyl (C=O) groups is 1. The van der Waals surface area contributed by atoms with Crippen LogP contribution in [0.2, 0.25) is 0 Å². The van der Waals surface area contributed by atoms with Gasteiger partial charge in [-0.15, -0.1) is 0 Å². The zero-order chi connectivity index (χ0) is 14.7. The molecule has 5 heteroatoms. The number of hydrogen-bond donors (Lipinski definition) is 2. The van der Waals surface area contributed by atoms with E-state index in [1.165, 1.54) is 6.92 Å². The summed E-state index contributed by atoms with van der Waals surface area (Å²) in [6, 6.07) is 12.6. The van der Waals surface area contributed by atoms with E-state index in [1.807, 2.05) is 6.07 Å². The van der Waals surface area contributed by atoms with E-state index in [2.05, 4.69) is 27.3 Å². The standard InChI is InChI=1S/C15H12BrN3O/c1-9(20)13-4-3-12(7-14(13)18)19-15-5-2-11(16)6-10(15)8-17/h2-7,19H,18H2,1H3. The van der Waals surface area contributed by atoms with Gasteiger partial charge in [0.05, 0.1) is 11.3 Å². The zero-order valence-electron chi connectivity index (χ0n) is 10.8. The third-order valence-corrected chi connectivity index (χ3v) is 3.31. The lowest BCUT2D eigenvalue weighted by Gasteiger charge is -2.10. The zero-order valence-corrected chi connectivity index (χ0v) is 12.4. The summed E-state index contributed by atoms with van der Waals surface area (Å²) in [7, 11) is 0. The molecule has 0 aliphatic rings. The minimum absolute atomic E-state index is 0.0737. The van der Waals surface area contributed by atoms with E-state index >= 15 is 0 Å². The molecule has 20 heavy (non-hydrogen) atoms. The fourth-order valence-electron chi connectivity index (χ4n) is 1.83. The number of benzene rings is 2. The molecular formula is C15H12BrN3O. The molecular weight excluding hydrogens is 318 g/mol. The summed E-state index contributed by atoms with van der Waals surface area (Å²) in [5.74, 6) is -0.0737. The Bertz CT molecular complexity index is 720. The van der Waals surface area contributed by atoms with Crippen molar-refractivity contribution < 1.29 is 4.79 Å². The second-order valence-corrected chi connectivity index (χ2v) is 5.20. The quantitative estimate of drug-likeness (QED) is 0.662. The Kier molecular flexibility index (Phi) is 4.06. The van der Waals surface area contributed by atoms with Gasteiger partial charge in [0.25, 0.3) is 0 Å². The summed E-state index contributed by atoms with van der Waals surface area (Å²) in [5, 5.41) is 12.2. The van der Waals surface area contributed by atoms with Crippen LogP contribution in [0.4, 0.5) is 17.1 Å². The predicted octanol–water partition coefficient (Wildman–Crippen LogP) is 3.85. The number of hydrogen-bond acceptors (Lipinski definition) is 4. The SMILES string of the molecule is CC(=O)c1ccc(Nc2ccc(Br)cc2C#N)cc1N. The minimum atomic E-state index is -0.0737. The number of nitrogen functional groups attached to an aromatic ring is 1. The van der Waals surface area contributed by atoms with Crippen LogP contribution in [0.3, 0.4) is 0 Å². The summed E-state index contributed by atoms with van der Waals surface area (Å²) in [6.45, 7) is 1.47. The third kappa shape index (κ3) is 2.98. The van der Waals surface area contributed by atoms with Crippen molar-refractivity contribution in [2.24, 2.45) is 0 Å². The van der Waals surface area contributed by atoms with Gasteiger partial charge in [-0.3, -0.25) is 4.79 Å². The molecule has 0 amide bonds. The summed E-state index contributed by atoms with van der Waals surface area (Å²) in [6.07, 6.45) is 0. The lowest BCUT2D eigenvalue weighted by Crippen LogP contribution is -2.01. The van der Waals surface area contributed by atoms with Crippen LogP contribution in [0.1, 0.15) is 22.8 Å². The topological polar surface area (TPSA) is 78.9 Å². The van der Waals surface area contributed by atoms with Crippen molar-refractivity contribution in [3.8, 4) is 6.07 Å². The van der Waals surface area contributed by atoms with Crippen LogP contribution in [-0.2, 0) is 0 Å². The molecule has 0 aliphatic carbocycles.